The van der Waals surface area contributed by atoms with Crippen molar-refractivity contribution in [2.24, 2.45) is 0 Å². The molecule has 0 spiro atoms. The van der Waals surface area contributed by atoms with Gasteiger partial charge in [-0.3, -0.25) is 15.0 Å². The molecule has 0 aliphatic carbocycles. The van der Waals surface area contributed by atoms with Gasteiger partial charge in [0.05, 0.1) is 6.54 Å². The fourth-order valence-corrected chi connectivity index (χ4v) is 2.82. The third kappa shape index (κ3) is 4.77. The first kappa shape index (κ1) is 17.4. The zero-order valence-corrected chi connectivity index (χ0v) is 14.0. The number of amides is 2. The minimum Gasteiger partial charge on any atom is -0.346 e. The van der Waals surface area contributed by atoms with Crippen molar-refractivity contribution < 1.29 is 9.59 Å². The number of anilines is 1. The number of carbonyl (C=O) groups is 2. The van der Waals surface area contributed by atoms with Gasteiger partial charge in [-0.2, -0.15) is 0 Å². The van der Waals surface area contributed by atoms with E-state index in [1.54, 1.807) is 0 Å². The number of benzene rings is 1. The number of hydrazine groups is 1. The fourth-order valence-electron chi connectivity index (χ4n) is 2.82. The Morgan fingerprint density at radius 1 is 1.22 bits per heavy atom. The lowest BCUT2D eigenvalue weighted by molar-refractivity contribution is -0.125. The summed E-state index contributed by atoms with van der Waals surface area (Å²) in [4.78, 5) is 24.1. The van der Waals surface area contributed by atoms with Gasteiger partial charge < -0.3 is 10.6 Å². The van der Waals surface area contributed by atoms with Crippen molar-refractivity contribution in [2.75, 3.05) is 11.9 Å². The summed E-state index contributed by atoms with van der Waals surface area (Å²) < 4.78 is 0. The van der Waals surface area contributed by atoms with Gasteiger partial charge in [0.15, 0.2) is 0 Å². The average molecular weight is 318 g/mol. The molecule has 2 unspecified atom stereocenters. The summed E-state index contributed by atoms with van der Waals surface area (Å²) in [6.07, 6.45) is 2.86. The smallest absolute Gasteiger partial charge is 0.243 e. The highest BCUT2D eigenvalue weighted by Gasteiger charge is 2.28. The lowest BCUT2D eigenvalue weighted by Gasteiger charge is -2.13. The van der Waals surface area contributed by atoms with Crippen LogP contribution in [0.2, 0.25) is 0 Å². The minimum atomic E-state index is -0.278. The number of rotatable bonds is 6. The molecule has 2 rings (SSSR count). The predicted molar refractivity (Wildman–Crippen MR) is 90.9 cm³/mol. The second-order valence-corrected chi connectivity index (χ2v) is 6.10. The van der Waals surface area contributed by atoms with Crippen LogP contribution in [0.3, 0.4) is 0 Å². The van der Waals surface area contributed by atoms with Crippen LogP contribution < -0.4 is 21.5 Å². The molecule has 23 heavy (non-hydrogen) atoms. The SMILES string of the molecule is CCCC1CC(C(=O)NCC(=O)Nc2c(C)cccc2C)NN1. The minimum absolute atomic E-state index is 0.0246. The average Bonchev–Trinajstić information content (AvgIpc) is 2.98. The second-order valence-electron chi connectivity index (χ2n) is 6.10. The number of carbonyl (C=O) groups excluding carboxylic acids is 2. The van der Waals surface area contributed by atoms with Gasteiger partial charge >= 0.3 is 0 Å². The van der Waals surface area contributed by atoms with E-state index in [1.165, 1.54) is 0 Å². The van der Waals surface area contributed by atoms with Crippen LogP contribution in [-0.2, 0) is 9.59 Å². The summed E-state index contributed by atoms with van der Waals surface area (Å²) in [7, 11) is 0. The highest BCUT2D eigenvalue weighted by atomic mass is 16.2. The van der Waals surface area contributed by atoms with E-state index in [-0.39, 0.29) is 24.4 Å². The van der Waals surface area contributed by atoms with E-state index in [9.17, 15) is 9.59 Å². The molecule has 1 heterocycles. The van der Waals surface area contributed by atoms with Crippen molar-refractivity contribution in [2.45, 2.75) is 52.1 Å². The van der Waals surface area contributed by atoms with Crippen LogP contribution in [0.5, 0.6) is 0 Å². The van der Waals surface area contributed by atoms with Crippen LogP contribution in [-0.4, -0.2) is 30.4 Å². The molecule has 2 amide bonds. The standard InChI is InChI=1S/C17H26N4O2/c1-4-6-13-9-14(21-20-13)17(23)18-10-15(22)19-16-11(2)7-5-8-12(16)3/h5,7-8,13-14,20-21H,4,6,9-10H2,1-3H3,(H,18,23)(H,19,22). The quantitative estimate of drug-likeness (QED) is 0.639. The summed E-state index contributed by atoms with van der Waals surface area (Å²) in [6, 6.07) is 5.89. The van der Waals surface area contributed by atoms with Gasteiger partial charge in [0.2, 0.25) is 11.8 Å². The molecule has 0 aromatic heterocycles. The molecule has 0 bridgehead atoms. The largest absolute Gasteiger partial charge is 0.346 e. The number of hydrogen-bond donors (Lipinski definition) is 4. The topological polar surface area (TPSA) is 82.3 Å². The van der Waals surface area contributed by atoms with Gasteiger partial charge in [0.25, 0.3) is 0 Å². The molecule has 2 atom stereocenters. The Morgan fingerprint density at radius 2 is 1.91 bits per heavy atom. The molecule has 1 saturated heterocycles. The van der Waals surface area contributed by atoms with Crippen molar-refractivity contribution in [3.63, 3.8) is 0 Å². The first-order valence-electron chi connectivity index (χ1n) is 8.16. The molecule has 6 nitrogen and oxygen atoms in total. The maximum absolute atomic E-state index is 12.1. The van der Waals surface area contributed by atoms with Crippen molar-refractivity contribution in [1.82, 2.24) is 16.2 Å². The Kier molecular flexibility index (Phi) is 6.12. The number of para-hydroxylation sites is 1. The summed E-state index contributed by atoms with van der Waals surface area (Å²) in [5.74, 6) is -0.362. The van der Waals surface area contributed by atoms with Crippen LogP contribution in [0.25, 0.3) is 0 Å². The van der Waals surface area contributed by atoms with Gasteiger partial charge in [0.1, 0.15) is 6.04 Å². The molecular formula is C17H26N4O2. The Hall–Kier alpha value is -1.92. The van der Waals surface area contributed by atoms with E-state index in [1.807, 2.05) is 32.0 Å². The van der Waals surface area contributed by atoms with Crippen LogP contribution in [0.1, 0.15) is 37.3 Å². The maximum atomic E-state index is 12.1. The molecular weight excluding hydrogens is 292 g/mol. The first-order chi connectivity index (χ1) is 11.0. The Morgan fingerprint density at radius 3 is 2.57 bits per heavy atom. The van der Waals surface area contributed by atoms with Gasteiger partial charge in [-0.05, 0) is 37.8 Å². The first-order valence-corrected chi connectivity index (χ1v) is 8.16. The molecule has 1 aromatic rings. The van der Waals surface area contributed by atoms with Crippen molar-refractivity contribution in [3.05, 3.63) is 29.3 Å². The van der Waals surface area contributed by atoms with Crippen LogP contribution in [0.15, 0.2) is 18.2 Å². The van der Waals surface area contributed by atoms with Crippen molar-refractivity contribution in [3.8, 4) is 0 Å². The van der Waals surface area contributed by atoms with Gasteiger partial charge in [-0.15, -0.1) is 0 Å². The number of aryl methyl sites for hydroxylation is 2. The van der Waals surface area contributed by atoms with Gasteiger partial charge in [0, 0.05) is 11.7 Å². The third-order valence-corrected chi connectivity index (χ3v) is 4.10. The molecule has 4 N–H and O–H groups in total. The highest BCUT2D eigenvalue weighted by molar-refractivity contribution is 5.96. The molecule has 1 aliphatic heterocycles. The zero-order chi connectivity index (χ0) is 16.8. The monoisotopic (exact) mass is 318 g/mol. The van der Waals surface area contributed by atoms with E-state index < -0.39 is 0 Å². The normalized spacial score (nSPS) is 20.3. The molecule has 126 valence electrons. The lowest BCUT2D eigenvalue weighted by Crippen LogP contribution is -2.45. The van der Waals surface area contributed by atoms with Gasteiger partial charge in [-0.1, -0.05) is 31.5 Å². The van der Waals surface area contributed by atoms with E-state index in [2.05, 4.69) is 28.4 Å². The zero-order valence-electron chi connectivity index (χ0n) is 14.0. The highest BCUT2D eigenvalue weighted by Crippen LogP contribution is 2.19. The lowest BCUT2D eigenvalue weighted by atomic mass is 10.1. The Balaban J connectivity index is 1.79. The fraction of sp³-hybridized carbons (Fsp3) is 0.529. The maximum Gasteiger partial charge on any atom is 0.243 e. The van der Waals surface area contributed by atoms with Crippen LogP contribution in [0.4, 0.5) is 5.69 Å². The van der Waals surface area contributed by atoms with E-state index in [4.69, 9.17) is 0 Å². The van der Waals surface area contributed by atoms with E-state index >= 15 is 0 Å². The summed E-state index contributed by atoms with van der Waals surface area (Å²) in [6.45, 7) is 5.99. The van der Waals surface area contributed by atoms with Crippen molar-refractivity contribution >= 4 is 17.5 Å². The predicted octanol–water partition coefficient (Wildman–Crippen LogP) is 1.39. The summed E-state index contributed by atoms with van der Waals surface area (Å²) in [5, 5.41) is 5.56. The molecule has 1 aliphatic rings. The van der Waals surface area contributed by atoms with E-state index in [0.29, 0.717) is 6.04 Å². The molecule has 0 radical (unpaired) electrons. The Bertz CT molecular complexity index is 553. The van der Waals surface area contributed by atoms with Crippen molar-refractivity contribution in [1.29, 1.82) is 0 Å². The van der Waals surface area contributed by atoms with Crippen LogP contribution in [0, 0.1) is 13.8 Å². The summed E-state index contributed by atoms with van der Waals surface area (Å²) in [5.41, 5.74) is 8.94. The molecule has 1 aromatic carbocycles. The number of nitrogens with one attached hydrogen (secondary N) is 4. The van der Waals surface area contributed by atoms with Gasteiger partial charge in [-0.25, -0.2) is 5.43 Å². The van der Waals surface area contributed by atoms with E-state index in [0.717, 1.165) is 36.1 Å². The molecule has 1 fully saturated rings. The van der Waals surface area contributed by atoms with Crippen LogP contribution >= 0.6 is 0 Å². The third-order valence-electron chi connectivity index (χ3n) is 4.10. The summed E-state index contributed by atoms with van der Waals surface area (Å²) >= 11 is 0. The molecule has 6 heteroatoms. The Labute approximate surface area is 137 Å². The molecule has 0 saturated carbocycles. The second kappa shape index (κ2) is 8.08. The number of hydrogen-bond acceptors (Lipinski definition) is 4.